The Morgan fingerprint density at radius 2 is 2.04 bits per heavy atom. The number of nitriles is 1. The monoisotopic (exact) mass is 382 g/mol. The molecule has 1 N–H and O–H groups in total. The highest BCUT2D eigenvalue weighted by molar-refractivity contribution is 6.34. The highest BCUT2D eigenvalue weighted by Gasteiger charge is 2.18. The maximum atomic E-state index is 12.4. The predicted molar refractivity (Wildman–Crippen MR) is 101 cm³/mol. The minimum atomic E-state index is -0.668. The Bertz CT molecular complexity index is 981. The molecule has 3 rings (SSSR count). The number of rotatable bonds is 4. The lowest BCUT2D eigenvalue weighted by atomic mass is 10.0. The first-order chi connectivity index (χ1) is 13.0. The number of hydrogen-bond donors (Lipinski definition) is 1. The first kappa shape index (κ1) is 18.4. The molecule has 2 aromatic carbocycles. The fraction of sp³-hybridized carbons (Fsp3) is 0.158. The van der Waals surface area contributed by atoms with E-state index in [0.29, 0.717) is 13.1 Å². The molecule has 0 aromatic heterocycles. The Hall–Kier alpha value is -3.37. The molecule has 7 nitrogen and oxygen atoms in total. The summed E-state index contributed by atoms with van der Waals surface area (Å²) in [4.78, 5) is 24.6. The summed E-state index contributed by atoms with van der Waals surface area (Å²) in [6, 6.07) is 13.6. The zero-order valence-electron chi connectivity index (χ0n) is 14.2. The van der Waals surface area contributed by atoms with Crippen LogP contribution in [0.5, 0.6) is 0 Å². The normalized spacial score (nSPS) is 13.5. The van der Waals surface area contributed by atoms with Gasteiger partial charge in [-0.1, -0.05) is 35.9 Å². The van der Waals surface area contributed by atoms with Crippen molar-refractivity contribution in [3.05, 3.63) is 80.5 Å². The lowest BCUT2D eigenvalue weighted by Gasteiger charge is -2.27. The van der Waals surface area contributed by atoms with Crippen LogP contribution in [0.1, 0.15) is 11.1 Å². The van der Waals surface area contributed by atoms with Crippen LogP contribution in [-0.2, 0) is 17.8 Å². The number of nitro groups is 1. The zero-order valence-corrected chi connectivity index (χ0v) is 14.9. The Labute approximate surface area is 160 Å². The van der Waals surface area contributed by atoms with Crippen LogP contribution in [-0.4, -0.2) is 22.3 Å². The van der Waals surface area contributed by atoms with Crippen LogP contribution in [0.3, 0.4) is 0 Å². The van der Waals surface area contributed by atoms with Gasteiger partial charge in [0.1, 0.15) is 11.6 Å². The van der Waals surface area contributed by atoms with Gasteiger partial charge in [0.25, 0.3) is 11.6 Å². The van der Waals surface area contributed by atoms with Crippen LogP contribution in [0.4, 0.5) is 11.4 Å². The minimum Gasteiger partial charge on any atom is -0.371 e. The number of fused-ring (bicyclic) bond motifs is 1. The van der Waals surface area contributed by atoms with Gasteiger partial charge in [-0.15, -0.1) is 0 Å². The Morgan fingerprint density at radius 3 is 2.74 bits per heavy atom. The third-order valence-corrected chi connectivity index (χ3v) is 4.58. The summed E-state index contributed by atoms with van der Waals surface area (Å²) in [7, 11) is 0. The van der Waals surface area contributed by atoms with Crippen molar-refractivity contribution in [1.82, 2.24) is 4.90 Å². The van der Waals surface area contributed by atoms with Crippen LogP contribution in [0.2, 0.25) is 5.02 Å². The molecule has 0 unspecified atom stereocenters. The number of amides is 1. The Balaban J connectivity index is 1.77. The average molecular weight is 383 g/mol. The molecule has 2 aromatic rings. The smallest absolute Gasteiger partial charge is 0.271 e. The summed E-state index contributed by atoms with van der Waals surface area (Å²) in [5, 5.41) is 22.9. The molecule has 1 heterocycles. The summed E-state index contributed by atoms with van der Waals surface area (Å²) in [5.74, 6) is -0.668. The van der Waals surface area contributed by atoms with Gasteiger partial charge in [-0.05, 0) is 23.6 Å². The first-order valence-electron chi connectivity index (χ1n) is 8.16. The van der Waals surface area contributed by atoms with E-state index in [-0.39, 0.29) is 22.0 Å². The van der Waals surface area contributed by atoms with E-state index in [1.54, 1.807) is 0 Å². The second-order valence-electron chi connectivity index (χ2n) is 6.02. The molecule has 1 aliphatic heterocycles. The topological polar surface area (TPSA) is 99.3 Å². The van der Waals surface area contributed by atoms with E-state index in [0.717, 1.165) is 18.1 Å². The average Bonchev–Trinajstić information content (AvgIpc) is 2.67. The van der Waals surface area contributed by atoms with Crippen molar-refractivity contribution in [2.75, 3.05) is 11.9 Å². The van der Waals surface area contributed by atoms with E-state index in [9.17, 15) is 20.2 Å². The maximum Gasteiger partial charge on any atom is 0.271 e. The van der Waals surface area contributed by atoms with E-state index in [4.69, 9.17) is 11.6 Å². The van der Waals surface area contributed by atoms with Gasteiger partial charge in [0.05, 0.1) is 15.6 Å². The van der Waals surface area contributed by atoms with E-state index in [2.05, 4.69) is 11.4 Å². The lowest BCUT2D eigenvalue weighted by molar-refractivity contribution is -0.384. The molecule has 0 atom stereocenters. The number of carbonyl (C=O) groups excluding carboxylic acids is 1. The summed E-state index contributed by atoms with van der Waals surface area (Å²) in [6.07, 6.45) is 2.33. The van der Waals surface area contributed by atoms with E-state index < -0.39 is 10.8 Å². The number of nitro benzene ring substituents is 1. The quantitative estimate of drug-likeness (QED) is 0.376. The van der Waals surface area contributed by atoms with Gasteiger partial charge >= 0.3 is 0 Å². The molecule has 0 saturated carbocycles. The standard InChI is InChI=1S/C19H15ClN4O3/c20-17-6-5-16(24(26)27)9-18(17)22-19(25)15(10-21)12-23-8-7-13-3-1-2-4-14(13)11-23/h1-6,9,12H,7-8,11H2,(H,22,25)/b15-12-. The number of anilines is 1. The van der Waals surface area contributed by atoms with Crippen LogP contribution in [0, 0.1) is 21.4 Å². The summed E-state index contributed by atoms with van der Waals surface area (Å²) >= 11 is 5.99. The summed E-state index contributed by atoms with van der Waals surface area (Å²) in [6.45, 7) is 1.29. The highest BCUT2D eigenvalue weighted by Crippen LogP contribution is 2.27. The predicted octanol–water partition coefficient (Wildman–Crippen LogP) is 3.65. The SMILES string of the molecule is N#C/C(=C/N1CCc2ccccc2C1)C(=O)Nc1cc([N+](=O)[O-])ccc1Cl. The first-order valence-corrected chi connectivity index (χ1v) is 8.54. The second kappa shape index (κ2) is 7.89. The van der Waals surface area contributed by atoms with Crippen molar-refractivity contribution >= 4 is 28.9 Å². The molecule has 0 aliphatic carbocycles. The van der Waals surface area contributed by atoms with Crippen LogP contribution in [0.25, 0.3) is 0 Å². The summed E-state index contributed by atoms with van der Waals surface area (Å²) in [5.41, 5.74) is 2.19. The van der Waals surface area contributed by atoms with E-state index >= 15 is 0 Å². The van der Waals surface area contributed by atoms with Gasteiger partial charge in [0, 0.05) is 31.4 Å². The number of halogens is 1. The van der Waals surface area contributed by atoms with Gasteiger partial charge in [0.2, 0.25) is 0 Å². The van der Waals surface area contributed by atoms with Gasteiger partial charge in [-0.25, -0.2) is 0 Å². The summed E-state index contributed by atoms with van der Waals surface area (Å²) < 4.78 is 0. The third-order valence-electron chi connectivity index (χ3n) is 4.25. The van der Waals surface area contributed by atoms with Crippen molar-refractivity contribution in [3.8, 4) is 6.07 Å². The van der Waals surface area contributed by atoms with Crippen molar-refractivity contribution in [3.63, 3.8) is 0 Å². The number of hydrogen-bond acceptors (Lipinski definition) is 5. The van der Waals surface area contributed by atoms with Crippen molar-refractivity contribution < 1.29 is 9.72 Å². The third kappa shape index (κ3) is 4.25. The fourth-order valence-corrected chi connectivity index (χ4v) is 3.03. The molecule has 0 saturated heterocycles. The number of carbonyl (C=O) groups is 1. The van der Waals surface area contributed by atoms with Gasteiger partial charge in [0.15, 0.2) is 0 Å². The molecule has 1 aliphatic rings. The molecule has 1 amide bonds. The molecule has 0 radical (unpaired) electrons. The van der Waals surface area contributed by atoms with Crippen molar-refractivity contribution in [1.29, 1.82) is 5.26 Å². The van der Waals surface area contributed by atoms with Crippen molar-refractivity contribution in [2.45, 2.75) is 13.0 Å². The zero-order chi connectivity index (χ0) is 19.4. The maximum absolute atomic E-state index is 12.4. The molecular weight excluding hydrogens is 368 g/mol. The van der Waals surface area contributed by atoms with Crippen LogP contribution >= 0.6 is 11.6 Å². The highest BCUT2D eigenvalue weighted by atomic mass is 35.5. The van der Waals surface area contributed by atoms with E-state index in [1.807, 2.05) is 29.2 Å². The lowest BCUT2D eigenvalue weighted by Crippen LogP contribution is -2.27. The molecule has 8 heteroatoms. The number of benzene rings is 2. The van der Waals surface area contributed by atoms with Gasteiger partial charge < -0.3 is 10.2 Å². The molecule has 0 spiro atoms. The van der Waals surface area contributed by atoms with Crippen LogP contribution < -0.4 is 5.32 Å². The van der Waals surface area contributed by atoms with Gasteiger partial charge in [-0.2, -0.15) is 5.26 Å². The number of nitrogens with zero attached hydrogens (tertiary/aromatic N) is 3. The van der Waals surface area contributed by atoms with Crippen molar-refractivity contribution in [2.24, 2.45) is 0 Å². The van der Waals surface area contributed by atoms with Crippen LogP contribution in [0.15, 0.2) is 54.2 Å². The molecule has 0 fully saturated rings. The largest absolute Gasteiger partial charge is 0.371 e. The number of non-ortho nitro benzene ring substituents is 1. The van der Waals surface area contributed by atoms with E-state index in [1.165, 1.54) is 23.9 Å². The fourth-order valence-electron chi connectivity index (χ4n) is 2.86. The minimum absolute atomic E-state index is 0.0843. The Morgan fingerprint density at radius 1 is 1.30 bits per heavy atom. The Kier molecular flexibility index (Phi) is 5.38. The molecule has 136 valence electrons. The molecular formula is C19H15ClN4O3. The second-order valence-corrected chi connectivity index (χ2v) is 6.43. The van der Waals surface area contributed by atoms with Gasteiger partial charge in [-0.3, -0.25) is 14.9 Å². The molecule has 27 heavy (non-hydrogen) atoms. The molecule has 0 bridgehead atoms. The number of nitrogens with one attached hydrogen (secondary N) is 1.